The Morgan fingerprint density at radius 3 is 2.79 bits per heavy atom. The quantitative estimate of drug-likeness (QED) is 0.507. The SMILES string of the molecule is CCOc1ccc(/C=C/C(=O)OCc2cc(Cl)c3c(c2)OCCO3)cc1OC. The largest absolute Gasteiger partial charge is 0.493 e. The molecule has 0 saturated heterocycles. The second-order valence-corrected chi connectivity index (χ2v) is 6.29. The van der Waals surface area contributed by atoms with Crippen LogP contribution in [-0.2, 0) is 16.1 Å². The van der Waals surface area contributed by atoms with Gasteiger partial charge in [0.1, 0.15) is 19.8 Å². The topological polar surface area (TPSA) is 63.2 Å². The summed E-state index contributed by atoms with van der Waals surface area (Å²) >= 11 is 6.19. The summed E-state index contributed by atoms with van der Waals surface area (Å²) in [7, 11) is 1.57. The summed E-state index contributed by atoms with van der Waals surface area (Å²) in [6.45, 7) is 3.44. The number of halogens is 1. The highest BCUT2D eigenvalue weighted by Crippen LogP contribution is 2.38. The lowest BCUT2D eigenvalue weighted by Gasteiger charge is -2.20. The van der Waals surface area contributed by atoms with Gasteiger partial charge < -0.3 is 23.7 Å². The van der Waals surface area contributed by atoms with Gasteiger partial charge in [0.25, 0.3) is 0 Å². The Kier molecular flexibility index (Phi) is 6.66. The summed E-state index contributed by atoms with van der Waals surface area (Å²) in [6.07, 6.45) is 3.01. The predicted octanol–water partition coefficient (Wildman–Crippen LogP) is 4.28. The van der Waals surface area contributed by atoms with E-state index in [2.05, 4.69) is 0 Å². The molecule has 0 fully saturated rings. The molecule has 148 valence electrons. The molecule has 0 radical (unpaired) electrons. The molecule has 0 atom stereocenters. The Bertz CT molecular complexity index is 877. The molecule has 0 amide bonds. The first-order chi connectivity index (χ1) is 13.6. The molecule has 0 aliphatic carbocycles. The maximum Gasteiger partial charge on any atom is 0.331 e. The number of esters is 1. The highest BCUT2D eigenvalue weighted by atomic mass is 35.5. The number of hydrogen-bond donors (Lipinski definition) is 0. The Morgan fingerprint density at radius 2 is 2.00 bits per heavy atom. The van der Waals surface area contributed by atoms with E-state index in [-0.39, 0.29) is 6.61 Å². The fraction of sp³-hybridized carbons (Fsp3) is 0.286. The fourth-order valence-corrected chi connectivity index (χ4v) is 2.96. The minimum atomic E-state index is -0.473. The lowest BCUT2D eigenvalue weighted by atomic mass is 10.2. The highest BCUT2D eigenvalue weighted by molar-refractivity contribution is 6.32. The van der Waals surface area contributed by atoms with Gasteiger partial charge in [-0.1, -0.05) is 17.7 Å². The van der Waals surface area contributed by atoms with Crippen molar-refractivity contribution < 1.29 is 28.5 Å². The summed E-state index contributed by atoms with van der Waals surface area (Å²) < 4.78 is 27.0. The van der Waals surface area contributed by atoms with Crippen LogP contribution in [0.4, 0.5) is 0 Å². The predicted molar refractivity (Wildman–Crippen MR) is 105 cm³/mol. The van der Waals surface area contributed by atoms with Crippen LogP contribution in [0.2, 0.25) is 5.02 Å². The van der Waals surface area contributed by atoms with Crippen molar-refractivity contribution in [3.05, 3.63) is 52.6 Å². The number of ether oxygens (including phenoxy) is 5. The van der Waals surface area contributed by atoms with Gasteiger partial charge in [0.15, 0.2) is 23.0 Å². The number of hydrogen-bond acceptors (Lipinski definition) is 6. The highest BCUT2D eigenvalue weighted by Gasteiger charge is 2.17. The Hall–Kier alpha value is -2.86. The minimum absolute atomic E-state index is 0.0755. The van der Waals surface area contributed by atoms with E-state index in [0.29, 0.717) is 47.8 Å². The van der Waals surface area contributed by atoms with Gasteiger partial charge in [-0.3, -0.25) is 0 Å². The van der Waals surface area contributed by atoms with Crippen molar-refractivity contribution >= 4 is 23.6 Å². The molecule has 0 N–H and O–H groups in total. The monoisotopic (exact) mass is 404 g/mol. The third-order valence-corrected chi connectivity index (χ3v) is 4.22. The zero-order valence-electron chi connectivity index (χ0n) is 15.7. The third kappa shape index (κ3) is 4.89. The van der Waals surface area contributed by atoms with Crippen LogP contribution < -0.4 is 18.9 Å². The van der Waals surface area contributed by atoms with E-state index in [1.807, 2.05) is 13.0 Å². The molecule has 0 spiro atoms. The Balaban J connectivity index is 1.61. The van der Waals surface area contributed by atoms with Crippen molar-refractivity contribution in [2.45, 2.75) is 13.5 Å². The van der Waals surface area contributed by atoms with Crippen molar-refractivity contribution in [2.75, 3.05) is 26.9 Å². The summed E-state index contributed by atoms with van der Waals surface area (Å²) in [5.74, 6) is 1.86. The normalized spacial score (nSPS) is 12.7. The van der Waals surface area contributed by atoms with E-state index in [1.54, 1.807) is 37.5 Å². The van der Waals surface area contributed by atoms with Crippen LogP contribution in [0, 0.1) is 0 Å². The molecule has 3 rings (SSSR count). The molecular formula is C21H21ClO6. The molecule has 0 saturated carbocycles. The second-order valence-electron chi connectivity index (χ2n) is 5.89. The van der Waals surface area contributed by atoms with Crippen molar-refractivity contribution in [2.24, 2.45) is 0 Å². The lowest BCUT2D eigenvalue weighted by Crippen LogP contribution is -2.16. The minimum Gasteiger partial charge on any atom is -0.493 e. The third-order valence-electron chi connectivity index (χ3n) is 3.94. The summed E-state index contributed by atoms with van der Waals surface area (Å²) in [4.78, 5) is 12.0. The van der Waals surface area contributed by atoms with Gasteiger partial charge in [-0.2, -0.15) is 0 Å². The molecule has 28 heavy (non-hydrogen) atoms. The maximum atomic E-state index is 12.0. The van der Waals surface area contributed by atoms with Crippen LogP contribution in [0.25, 0.3) is 6.08 Å². The number of benzene rings is 2. The zero-order valence-corrected chi connectivity index (χ0v) is 16.5. The average Bonchev–Trinajstić information content (AvgIpc) is 2.71. The van der Waals surface area contributed by atoms with Gasteiger partial charge in [0, 0.05) is 6.08 Å². The van der Waals surface area contributed by atoms with Crippen molar-refractivity contribution in [1.82, 2.24) is 0 Å². The molecule has 7 heteroatoms. The number of carbonyl (C=O) groups is 1. The molecule has 1 heterocycles. The van der Waals surface area contributed by atoms with E-state index in [0.717, 1.165) is 11.1 Å². The Morgan fingerprint density at radius 1 is 1.18 bits per heavy atom. The van der Waals surface area contributed by atoms with Crippen molar-refractivity contribution in [3.8, 4) is 23.0 Å². The van der Waals surface area contributed by atoms with Gasteiger partial charge in [0.05, 0.1) is 18.7 Å². The molecule has 1 aliphatic rings. The zero-order chi connectivity index (χ0) is 19.9. The molecule has 1 aliphatic heterocycles. The van der Waals surface area contributed by atoms with Crippen LogP contribution in [0.5, 0.6) is 23.0 Å². The molecule has 2 aromatic rings. The number of methoxy groups -OCH3 is 1. The first kappa shape index (κ1) is 19.9. The van der Waals surface area contributed by atoms with Crippen molar-refractivity contribution in [3.63, 3.8) is 0 Å². The van der Waals surface area contributed by atoms with E-state index in [4.69, 9.17) is 35.3 Å². The summed E-state index contributed by atoms with van der Waals surface area (Å²) in [5, 5.41) is 0.431. The first-order valence-electron chi connectivity index (χ1n) is 8.84. The van der Waals surface area contributed by atoms with Crippen LogP contribution in [0.3, 0.4) is 0 Å². The molecule has 2 aromatic carbocycles. The van der Waals surface area contributed by atoms with Crippen LogP contribution in [0.15, 0.2) is 36.4 Å². The average molecular weight is 405 g/mol. The number of carbonyl (C=O) groups excluding carboxylic acids is 1. The van der Waals surface area contributed by atoms with Crippen molar-refractivity contribution in [1.29, 1.82) is 0 Å². The van der Waals surface area contributed by atoms with Crippen LogP contribution in [-0.4, -0.2) is 32.9 Å². The molecule has 0 bridgehead atoms. The van der Waals surface area contributed by atoms with Gasteiger partial charge in [0.2, 0.25) is 0 Å². The van der Waals surface area contributed by atoms with Gasteiger partial charge in [-0.05, 0) is 48.4 Å². The van der Waals surface area contributed by atoms with Gasteiger partial charge >= 0.3 is 5.97 Å². The van der Waals surface area contributed by atoms with E-state index in [1.165, 1.54) is 6.08 Å². The van der Waals surface area contributed by atoms with Gasteiger partial charge in [-0.25, -0.2) is 4.79 Å². The van der Waals surface area contributed by atoms with E-state index in [9.17, 15) is 4.79 Å². The standard InChI is InChI=1S/C21H21ClO6/c1-3-25-17-6-4-14(11-18(17)24-2)5-7-20(23)28-13-15-10-16(22)21-19(12-15)26-8-9-27-21/h4-7,10-12H,3,8-9,13H2,1-2H3/b7-5+. The number of rotatable bonds is 7. The lowest BCUT2D eigenvalue weighted by molar-refractivity contribution is -0.138. The summed E-state index contributed by atoms with van der Waals surface area (Å²) in [5.41, 5.74) is 1.51. The first-order valence-corrected chi connectivity index (χ1v) is 9.22. The maximum absolute atomic E-state index is 12.0. The molecule has 0 unspecified atom stereocenters. The summed E-state index contributed by atoms with van der Waals surface area (Å²) in [6, 6.07) is 8.87. The fourth-order valence-electron chi connectivity index (χ4n) is 2.68. The molecule has 6 nitrogen and oxygen atoms in total. The smallest absolute Gasteiger partial charge is 0.331 e. The number of fused-ring (bicyclic) bond motifs is 1. The molecular weight excluding hydrogens is 384 g/mol. The van der Waals surface area contributed by atoms with E-state index >= 15 is 0 Å². The van der Waals surface area contributed by atoms with E-state index < -0.39 is 5.97 Å². The second kappa shape index (κ2) is 9.37. The Labute approximate surface area is 168 Å². The molecule has 0 aromatic heterocycles. The van der Waals surface area contributed by atoms with Crippen LogP contribution >= 0.6 is 11.6 Å². The van der Waals surface area contributed by atoms with Crippen LogP contribution in [0.1, 0.15) is 18.1 Å². The van der Waals surface area contributed by atoms with Gasteiger partial charge in [-0.15, -0.1) is 0 Å².